The van der Waals surface area contributed by atoms with Gasteiger partial charge < -0.3 is 19.2 Å². The molecule has 3 rings (SSSR count). The summed E-state index contributed by atoms with van der Waals surface area (Å²) in [5, 5.41) is 0.285. The molecule has 1 aromatic carbocycles. The number of H-pyrrole nitrogens is 1. The van der Waals surface area contributed by atoms with Crippen molar-refractivity contribution >= 4 is 16.9 Å². The number of aromatic nitrogens is 2. The molecule has 0 bridgehead atoms. The minimum atomic E-state index is -0.475. The van der Waals surface area contributed by atoms with Crippen LogP contribution in [0.25, 0.3) is 10.9 Å². The summed E-state index contributed by atoms with van der Waals surface area (Å²) in [6, 6.07) is 3.21. The third-order valence-electron chi connectivity index (χ3n) is 3.43. The van der Waals surface area contributed by atoms with Gasteiger partial charge >= 0.3 is 5.97 Å². The lowest BCUT2D eigenvalue weighted by molar-refractivity contribution is -0.132. The summed E-state index contributed by atoms with van der Waals surface area (Å²) in [6.45, 7) is 2.51. The molecule has 0 saturated carbocycles. The minimum absolute atomic E-state index is 0.0896. The monoisotopic (exact) mass is 304 g/mol. The van der Waals surface area contributed by atoms with Gasteiger partial charge in [-0.15, -0.1) is 0 Å². The molecule has 0 spiro atoms. The molecular formula is C15H16N2O5. The highest BCUT2D eigenvalue weighted by Crippen LogP contribution is 2.35. The van der Waals surface area contributed by atoms with Crippen molar-refractivity contribution in [3.05, 3.63) is 28.8 Å². The number of benzene rings is 1. The van der Waals surface area contributed by atoms with Crippen LogP contribution in [0.4, 0.5) is 0 Å². The van der Waals surface area contributed by atoms with E-state index in [9.17, 15) is 9.59 Å². The van der Waals surface area contributed by atoms with Crippen molar-refractivity contribution in [3.63, 3.8) is 0 Å². The van der Waals surface area contributed by atoms with E-state index in [0.29, 0.717) is 31.6 Å². The Morgan fingerprint density at radius 2 is 2.14 bits per heavy atom. The van der Waals surface area contributed by atoms with Crippen molar-refractivity contribution in [1.82, 2.24) is 9.97 Å². The zero-order valence-corrected chi connectivity index (χ0v) is 12.1. The first-order valence-corrected chi connectivity index (χ1v) is 7.08. The van der Waals surface area contributed by atoms with Crippen LogP contribution in [0.15, 0.2) is 23.3 Å². The maximum atomic E-state index is 12.1. The van der Waals surface area contributed by atoms with Gasteiger partial charge in [0, 0.05) is 19.8 Å². The Balaban J connectivity index is 2.09. The number of esters is 1. The van der Waals surface area contributed by atoms with Gasteiger partial charge in [0.25, 0.3) is 5.56 Å². The van der Waals surface area contributed by atoms with Gasteiger partial charge in [0.2, 0.25) is 0 Å². The molecule has 116 valence electrons. The number of carbonyl (C=O) groups excluding carboxylic acids is 1. The Kier molecular flexibility index (Phi) is 4.06. The smallest absolute Gasteiger partial charge is 0.308 e. The SMILES string of the molecule is CC(=O)Oc1ccc2nc[nH]c(=O)c2c1OC1CCOCC1. The Morgan fingerprint density at radius 3 is 2.86 bits per heavy atom. The molecule has 7 heteroatoms. The average molecular weight is 304 g/mol. The maximum absolute atomic E-state index is 12.1. The van der Waals surface area contributed by atoms with Crippen molar-refractivity contribution in [3.8, 4) is 11.5 Å². The van der Waals surface area contributed by atoms with Crippen LogP contribution in [0.2, 0.25) is 0 Å². The molecular weight excluding hydrogens is 288 g/mol. The molecule has 1 aromatic heterocycles. The fourth-order valence-corrected chi connectivity index (χ4v) is 2.43. The zero-order valence-electron chi connectivity index (χ0n) is 12.1. The fraction of sp³-hybridized carbons (Fsp3) is 0.400. The van der Waals surface area contributed by atoms with Crippen LogP contribution in [0, 0.1) is 0 Å². The Labute approximate surface area is 126 Å². The van der Waals surface area contributed by atoms with Crippen LogP contribution < -0.4 is 15.0 Å². The van der Waals surface area contributed by atoms with Crippen molar-refractivity contribution in [2.75, 3.05) is 13.2 Å². The standard InChI is InChI=1S/C15H16N2O5/c1-9(18)21-12-3-2-11-13(15(19)17-8-16-11)14(12)22-10-4-6-20-7-5-10/h2-3,8,10H,4-7H2,1H3,(H,16,17,19). The highest BCUT2D eigenvalue weighted by Gasteiger charge is 2.21. The predicted molar refractivity (Wildman–Crippen MR) is 78.1 cm³/mol. The molecule has 0 aliphatic carbocycles. The van der Waals surface area contributed by atoms with E-state index in [2.05, 4.69) is 9.97 Å². The number of rotatable bonds is 3. The van der Waals surface area contributed by atoms with Gasteiger partial charge in [0.15, 0.2) is 11.5 Å². The molecule has 1 N–H and O–H groups in total. The number of nitrogens with one attached hydrogen (secondary N) is 1. The highest BCUT2D eigenvalue weighted by atomic mass is 16.6. The lowest BCUT2D eigenvalue weighted by Gasteiger charge is -2.24. The van der Waals surface area contributed by atoms with Gasteiger partial charge in [0.05, 0.1) is 25.1 Å². The van der Waals surface area contributed by atoms with E-state index < -0.39 is 5.97 Å². The first-order chi connectivity index (χ1) is 10.6. The second kappa shape index (κ2) is 6.15. The molecule has 7 nitrogen and oxygen atoms in total. The topological polar surface area (TPSA) is 90.5 Å². The van der Waals surface area contributed by atoms with Gasteiger partial charge in [-0.05, 0) is 12.1 Å². The van der Waals surface area contributed by atoms with E-state index in [0.717, 1.165) is 0 Å². The Bertz CT molecular complexity index is 749. The highest BCUT2D eigenvalue weighted by molar-refractivity contribution is 5.88. The lowest BCUT2D eigenvalue weighted by atomic mass is 10.1. The van der Waals surface area contributed by atoms with E-state index in [4.69, 9.17) is 14.2 Å². The number of fused-ring (bicyclic) bond motifs is 1. The molecule has 0 atom stereocenters. The summed E-state index contributed by atoms with van der Waals surface area (Å²) in [4.78, 5) is 30.1. The summed E-state index contributed by atoms with van der Waals surface area (Å²) < 4.78 is 16.4. The summed E-state index contributed by atoms with van der Waals surface area (Å²) in [6.07, 6.45) is 2.67. The Morgan fingerprint density at radius 1 is 1.36 bits per heavy atom. The van der Waals surface area contributed by atoms with Crippen LogP contribution in [-0.2, 0) is 9.53 Å². The van der Waals surface area contributed by atoms with E-state index >= 15 is 0 Å². The molecule has 0 amide bonds. The van der Waals surface area contributed by atoms with E-state index in [1.807, 2.05) is 0 Å². The van der Waals surface area contributed by atoms with Crippen LogP contribution in [0.5, 0.6) is 11.5 Å². The Hall–Kier alpha value is -2.41. The van der Waals surface area contributed by atoms with E-state index in [1.54, 1.807) is 12.1 Å². The summed E-state index contributed by atoms with van der Waals surface area (Å²) in [7, 11) is 0. The third-order valence-corrected chi connectivity index (χ3v) is 3.43. The maximum Gasteiger partial charge on any atom is 0.308 e. The minimum Gasteiger partial charge on any atom is -0.485 e. The van der Waals surface area contributed by atoms with Gasteiger partial charge in [0.1, 0.15) is 11.5 Å². The van der Waals surface area contributed by atoms with Crippen LogP contribution in [0.3, 0.4) is 0 Å². The van der Waals surface area contributed by atoms with Crippen molar-refractivity contribution in [2.45, 2.75) is 25.9 Å². The van der Waals surface area contributed by atoms with Gasteiger partial charge in [-0.25, -0.2) is 4.98 Å². The summed E-state index contributed by atoms with van der Waals surface area (Å²) >= 11 is 0. The van der Waals surface area contributed by atoms with Crippen molar-refractivity contribution < 1.29 is 19.0 Å². The number of aromatic amines is 1. The number of hydrogen-bond donors (Lipinski definition) is 1. The number of nitrogens with zero attached hydrogens (tertiary/aromatic N) is 1. The first-order valence-electron chi connectivity index (χ1n) is 7.08. The zero-order chi connectivity index (χ0) is 15.5. The normalized spacial score (nSPS) is 15.7. The quantitative estimate of drug-likeness (QED) is 0.681. The predicted octanol–water partition coefficient (Wildman–Crippen LogP) is 1.41. The lowest BCUT2D eigenvalue weighted by Crippen LogP contribution is -2.26. The molecule has 0 radical (unpaired) electrons. The molecule has 0 unspecified atom stereocenters. The molecule has 1 saturated heterocycles. The fourth-order valence-electron chi connectivity index (χ4n) is 2.43. The van der Waals surface area contributed by atoms with Gasteiger partial charge in [-0.3, -0.25) is 9.59 Å². The first kappa shape index (κ1) is 14.5. The molecule has 1 aliphatic heterocycles. The van der Waals surface area contributed by atoms with E-state index in [1.165, 1.54) is 13.3 Å². The summed E-state index contributed by atoms with van der Waals surface area (Å²) in [5.41, 5.74) is 0.155. The van der Waals surface area contributed by atoms with Crippen molar-refractivity contribution in [2.24, 2.45) is 0 Å². The van der Waals surface area contributed by atoms with Crippen LogP contribution in [-0.4, -0.2) is 35.3 Å². The molecule has 2 aromatic rings. The number of hydrogen-bond acceptors (Lipinski definition) is 6. The molecule has 22 heavy (non-hydrogen) atoms. The molecule has 1 aliphatic rings. The second-order valence-electron chi connectivity index (χ2n) is 5.04. The van der Waals surface area contributed by atoms with E-state index in [-0.39, 0.29) is 28.5 Å². The third kappa shape index (κ3) is 2.94. The van der Waals surface area contributed by atoms with Crippen LogP contribution in [0.1, 0.15) is 19.8 Å². The molecule has 2 heterocycles. The second-order valence-corrected chi connectivity index (χ2v) is 5.04. The largest absolute Gasteiger partial charge is 0.485 e. The van der Waals surface area contributed by atoms with Gasteiger partial charge in [-0.1, -0.05) is 0 Å². The van der Waals surface area contributed by atoms with Crippen molar-refractivity contribution in [1.29, 1.82) is 0 Å². The molecule has 1 fully saturated rings. The average Bonchev–Trinajstić information content (AvgIpc) is 2.50. The van der Waals surface area contributed by atoms with Crippen LogP contribution >= 0.6 is 0 Å². The number of carbonyl (C=O) groups is 1. The van der Waals surface area contributed by atoms with Gasteiger partial charge in [-0.2, -0.15) is 0 Å². The summed E-state index contributed by atoms with van der Waals surface area (Å²) in [5.74, 6) is 0.00967. The number of ether oxygens (including phenoxy) is 3.